The minimum absolute atomic E-state index is 0.0000280. The molecule has 2 amide bonds. The molecule has 2 rings (SSSR count). The van der Waals surface area contributed by atoms with E-state index < -0.39 is 41.6 Å². The van der Waals surface area contributed by atoms with Crippen molar-refractivity contribution in [1.82, 2.24) is 4.90 Å². The maximum atomic E-state index is 12.9. The number of carbonyl (C=O) groups is 3. The van der Waals surface area contributed by atoms with Crippen molar-refractivity contribution in [2.24, 2.45) is 11.8 Å². The van der Waals surface area contributed by atoms with Gasteiger partial charge in [-0.2, -0.15) is 0 Å². The van der Waals surface area contributed by atoms with Gasteiger partial charge >= 0.3 is 6.09 Å². The summed E-state index contributed by atoms with van der Waals surface area (Å²) in [5, 5.41) is 19.7. The predicted molar refractivity (Wildman–Crippen MR) is 98.8 cm³/mol. The van der Waals surface area contributed by atoms with Crippen LogP contribution in [0.15, 0.2) is 10.6 Å². The molecule has 2 heterocycles. The minimum Gasteiger partial charge on any atom is -0.447 e. The van der Waals surface area contributed by atoms with Gasteiger partial charge in [0, 0.05) is 13.0 Å². The number of ether oxygens (including phenoxy) is 2. The quantitative estimate of drug-likeness (QED) is 0.571. The average Bonchev–Trinajstić information content (AvgIpc) is 2.99. The summed E-state index contributed by atoms with van der Waals surface area (Å²) in [5.74, 6) is -3.78. The van der Waals surface area contributed by atoms with E-state index in [2.05, 4.69) is 15.9 Å². The van der Waals surface area contributed by atoms with Gasteiger partial charge in [0.15, 0.2) is 11.6 Å². The number of nitrogens with zero attached hydrogens (tertiary/aromatic N) is 1. The first-order valence-electron chi connectivity index (χ1n) is 9.04. The summed E-state index contributed by atoms with van der Waals surface area (Å²) in [6.45, 7) is 5.33. The van der Waals surface area contributed by atoms with Crippen molar-refractivity contribution in [3.05, 3.63) is 10.6 Å². The largest absolute Gasteiger partial charge is 0.447 e. The summed E-state index contributed by atoms with van der Waals surface area (Å²) in [7, 11) is 0. The van der Waals surface area contributed by atoms with Crippen LogP contribution >= 0.6 is 15.9 Å². The van der Waals surface area contributed by atoms with Crippen LogP contribution in [0.2, 0.25) is 0 Å². The maximum absolute atomic E-state index is 12.9. The highest BCUT2D eigenvalue weighted by Crippen LogP contribution is 2.37. The second kappa shape index (κ2) is 8.81. The van der Waals surface area contributed by atoms with E-state index in [1.807, 2.05) is 13.8 Å². The van der Waals surface area contributed by atoms with Crippen LogP contribution in [0.5, 0.6) is 0 Å². The first kappa shape index (κ1) is 22.0. The van der Waals surface area contributed by atoms with E-state index in [9.17, 15) is 19.5 Å². The molecule has 0 bridgehead atoms. The Bertz CT molecular complexity index is 635. The lowest BCUT2D eigenvalue weighted by Gasteiger charge is -2.38. The number of aliphatic hydroxyl groups is 2. The van der Waals surface area contributed by atoms with Gasteiger partial charge in [-0.25, -0.2) is 9.69 Å². The Morgan fingerprint density at radius 1 is 1.37 bits per heavy atom. The van der Waals surface area contributed by atoms with Crippen LogP contribution in [0.4, 0.5) is 4.79 Å². The Hall–Kier alpha value is -1.29. The van der Waals surface area contributed by atoms with Gasteiger partial charge in [0.25, 0.3) is 0 Å². The van der Waals surface area contributed by atoms with Crippen molar-refractivity contribution >= 4 is 33.7 Å². The topological polar surface area (TPSA) is 113 Å². The van der Waals surface area contributed by atoms with Gasteiger partial charge < -0.3 is 19.7 Å². The predicted octanol–water partition coefficient (Wildman–Crippen LogP) is 1.72. The molecule has 2 aliphatic heterocycles. The van der Waals surface area contributed by atoms with Crippen molar-refractivity contribution in [3.8, 4) is 0 Å². The molecule has 0 saturated carbocycles. The zero-order chi connectivity index (χ0) is 20.4. The molecule has 4 atom stereocenters. The lowest BCUT2D eigenvalue weighted by atomic mass is 9.93. The van der Waals surface area contributed by atoms with E-state index in [1.165, 1.54) is 13.0 Å². The standard InChI is InChI=1S/C18H26BrNO7/c1-10(2)12-9-26-17(24)20(12)16(23)11(3)15-13(22)8-14(19)18(25,27-15)6-4-5-7-21/h8,10-12,15,21,25H,4-7,9H2,1-3H3/t11-,12+,15-,18+/m0/s1. The molecular weight excluding hydrogens is 422 g/mol. The number of imide groups is 1. The van der Waals surface area contributed by atoms with Crippen LogP contribution in [-0.2, 0) is 19.1 Å². The molecule has 0 unspecified atom stereocenters. The zero-order valence-corrected chi connectivity index (χ0v) is 17.3. The monoisotopic (exact) mass is 447 g/mol. The molecule has 27 heavy (non-hydrogen) atoms. The fraction of sp³-hybridized carbons (Fsp3) is 0.722. The first-order chi connectivity index (χ1) is 12.6. The van der Waals surface area contributed by atoms with Gasteiger partial charge in [-0.1, -0.05) is 20.8 Å². The number of ketones is 1. The van der Waals surface area contributed by atoms with Gasteiger partial charge in [-0.15, -0.1) is 0 Å². The summed E-state index contributed by atoms with van der Waals surface area (Å²) in [6.07, 6.45) is 0.333. The number of amides is 2. The maximum Gasteiger partial charge on any atom is 0.416 e. The number of hydrogen-bond donors (Lipinski definition) is 2. The van der Waals surface area contributed by atoms with Crippen molar-refractivity contribution < 1.29 is 34.1 Å². The molecule has 0 aliphatic carbocycles. The van der Waals surface area contributed by atoms with E-state index >= 15 is 0 Å². The van der Waals surface area contributed by atoms with E-state index in [-0.39, 0.29) is 30.0 Å². The number of rotatable bonds is 7. The molecule has 0 aromatic heterocycles. The Balaban J connectivity index is 2.19. The van der Waals surface area contributed by atoms with Crippen LogP contribution in [-0.4, -0.2) is 64.0 Å². The molecule has 1 fully saturated rings. The minimum atomic E-state index is -1.76. The highest BCUT2D eigenvalue weighted by Gasteiger charge is 2.48. The lowest BCUT2D eigenvalue weighted by molar-refractivity contribution is -0.217. The molecule has 2 N–H and O–H groups in total. The molecule has 0 spiro atoms. The smallest absolute Gasteiger partial charge is 0.416 e. The van der Waals surface area contributed by atoms with E-state index in [0.29, 0.717) is 12.8 Å². The summed E-state index contributed by atoms with van der Waals surface area (Å²) in [6, 6.07) is -0.406. The van der Waals surface area contributed by atoms with Crippen LogP contribution in [0.25, 0.3) is 0 Å². The van der Waals surface area contributed by atoms with Gasteiger partial charge in [0.05, 0.1) is 16.4 Å². The third-order valence-electron chi connectivity index (χ3n) is 4.92. The van der Waals surface area contributed by atoms with Crippen LogP contribution in [0, 0.1) is 11.8 Å². The number of aliphatic hydroxyl groups excluding tert-OH is 1. The summed E-state index contributed by atoms with van der Waals surface area (Å²) < 4.78 is 10.8. The van der Waals surface area contributed by atoms with E-state index in [0.717, 1.165) is 4.90 Å². The fourth-order valence-corrected chi connectivity index (χ4v) is 3.69. The Labute approximate surface area is 166 Å². The molecule has 0 aromatic rings. The van der Waals surface area contributed by atoms with Crippen molar-refractivity contribution in [2.45, 2.75) is 58.0 Å². The fourth-order valence-electron chi connectivity index (χ4n) is 3.18. The number of unbranched alkanes of at least 4 members (excludes halogenated alkanes) is 1. The van der Waals surface area contributed by atoms with Crippen molar-refractivity contribution in [2.75, 3.05) is 13.2 Å². The molecular formula is C18H26BrNO7. The molecule has 2 aliphatic rings. The number of cyclic esters (lactones) is 1. The van der Waals surface area contributed by atoms with E-state index in [4.69, 9.17) is 14.6 Å². The molecule has 8 nitrogen and oxygen atoms in total. The first-order valence-corrected chi connectivity index (χ1v) is 9.84. The molecule has 1 saturated heterocycles. The number of hydrogen-bond acceptors (Lipinski definition) is 7. The second-order valence-corrected chi connectivity index (χ2v) is 8.14. The van der Waals surface area contributed by atoms with Gasteiger partial charge in [-0.3, -0.25) is 9.59 Å². The highest BCUT2D eigenvalue weighted by atomic mass is 79.9. The van der Waals surface area contributed by atoms with Crippen molar-refractivity contribution in [1.29, 1.82) is 0 Å². The van der Waals surface area contributed by atoms with Gasteiger partial charge in [0.1, 0.15) is 12.7 Å². The van der Waals surface area contributed by atoms with Crippen molar-refractivity contribution in [3.63, 3.8) is 0 Å². The molecule has 152 valence electrons. The average molecular weight is 448 g/mol. The molecule has 0 radical (unpaired) electrons. The third kappa shape index (κ3) is 4.59. The zero-order valence-electron chi connectivity index (χ0n) is 15.7. The van der Waals surface area contributed by atoms with E-state index in [1.54, 1.807) is 0 Å². The van der Waals surface area contributed by atoms with Gasteiger partial charge in [-0.05, 0) is 40.8 Å². The SMILES string of the molecule is CC(C)[C@H]1COC(=O)N1C(=O)[C@@H](C)[C@@H]1O[C@](O)(CCCCO)C(Br)=CC1=O. The molecule has 9 heteroatoms. The van der Waals surface area contributed by atoms with Gasteiger partial charge in [0.2, 0.25) is 5.91 Å². The Morgan fingerprint density at radius 2 is 2.04 bits per heavy atom. The third-order valence-corrected chi connectivity index (χ3v) is 5.77. The van der Waals surface area contributed by atoms with Crippen LogP contribution < -0.4 is 0 Å². The Kier molecular flexibility index (Phi) is 7.18. The van der Waals surface area contributed by atoms with Crippen LogP contribution in [0.1, 0.15) is 40.0 Å². The summed E-state index contributed by atoms with van der Waals surface area (Å²) in [5.41, 5.74) is 0. The number of carbonyl (C=O) groups excluding carboxylic acids is 3. The summed E-state index contributed by atoms with van der Waals surface area (Å²) >= 11 is 3.15. The molecule has 0 aromatic carbocycles. The second-order valence-electron chi connectivity index (χ2n) is 7.28. The Morgan fingerprint density at radius 3 is 2.63 bits per heavy atom. The highest BCUT2D eigenvalue weighted by molar-refractivity contribution is 9.11. The lowest BCUT2D eigenvalue weighted by Crippen LogP contribution is -2.52. The van der Waals surface area contributed by atoms with Crippen LogP contribution in [0.3, 0.4) is 0 Å². The normalized spacial score (nSPS) is 29.7. The summed E-state index contributed by atoms with van der Waals surface area (Å²) in [4.78, 5) is 38.4. The number of halogens is 1.